The molecule has 0 aliphatic heterocycles. The third-order valence-electron chi connectivity index (χ3n) is 3.10. The number of methoxy groups -OCH3 is 1. The van der Waals surface area contributed by atoms with Gasteiger partial charge in [0.1, 0.15) is 4.90 Å². The van der Waals surface area contributed by atoms with Crippen LogP contribution in [0.1, 0.15) is 10.4 Å². The number of ether oxygens (including phenoxy) is 1. The van der Waals surface area contributed by atoms with Gasteiger partial charge in [0, 0.05) is 4.90 Å². The molecule has 0 bridgehead atoms. The zero-order valence-corrected chi connectivity index (χ0v) is 15.0. The Morgan fingerprint density at radius 1 is 1.12 bits per heavy atom. The summed E-state index contributed by atoms with van der Waals surface area (Å²) in [5.41, 5.74) is -0.190. The monoisotopic (exact) mass is 405 g/mol. The molecule has 0 aliphatic rings. The second-order valence-corrected chi connectivity index (χ2v) is 7.66. The van der Waals surface area contributed by atoms with Gasteiger partial charge in [0.25, 0.3) is 10.0 Å². The molecule has 0 fully saturated rings. The maximum atomic E-state index is 12.6. The van der Waals surface area contributed by atoms with Gasteiger partial charge < -0.3 is 4.74 Å². The van der Waals surface area contributed by atoms with Crippen LogP contribution in [-0.4, -0.2) is 33.4 Å². The number of halogens is 3. The van der Waals surface area contributed by atoms with E-state index in [1.54, 1.807) is 0 Å². The molecule has 0 saturated heterocycles. The summed E-state index contributed by atoms with van der Waals surface area (Å²) in [6, 6.07) is 11.1. The highest BCUT2D eigenvalue weighted by Gasteiger charge is 2.28. The fourth-order valence-electron chi connectivity index (χ4n) is 2.02. The van der Waals surface area contributed by atoms with E-state index in [4.69, 9.17) is 0 Å². The first kappa shape index (κ1) is 20.1. The molecule has 0 spiro atoms. The fraction of sp³-hybridized carbons (Fsp3) is 0.188. The lowest BCUT2D eigenvalue weighted by atomic mass is 10.2. The predicted octanol–water partition coefficient (Wildman–Crippen LogP) is 3.93. The number of hydrogen-bond donors (Lipinski definition) is 1. The SMILES string of the molecule is COC(=O)c1ccccc1S(=O)(=O)Nc1ccccc1SCC(F)(F)F. The predicted molar refractivity (Wildman–Crippen MR) is 91.8 cm³/mol. The molecule has 2 aromatic rings. The number of anilines is 1. The maximum absolute atomic E-state index is 12.6. The van der Waals surface area contributed by atoms with Gasteiger partial charge in [0.15, 0.2) is 0 Å². The number of thioether (sulfide) groups is 1. The van der Waals surface area contributed by atoms with Gasteiger partial charge in [-0.25, -0.2) is 13.2 Å². The van der Waals surface area contributed by atoms with Crippen LogP contribution in [-0.2, 0) is 14.8 Å². The average Bonchev–Trinajstić information content (AvgIpc) is 2.59. The van der Waals surface area contributed by atoms with Gasteiger partial charge in [-0.05, 0) is 24.3 Å². The van der Waals surface area contributed by atoms with Crippen LogP contribution in [0.4, 0.5) is 18.9 Å². The Balaban J connectivity index is 2.36. The van der Waals surface area contributed by atoms with Gasteiger partial charge in [-0.3, -0.25) is 4.72 Å². The number of rotatable bonds is 6. The number of esters is 1. The minimum Gasteiger partial charge on any atom is -0.465 e. The van der Waals surface area contributed by atoms with Gasteiger partial charge in [0.2, 0.25) is 0 Å². The summed E-state index contributed by atoms with van der Waals surface area (Å²) in [5, 5.41) is 0. The molecule has 0 atom stereocenters. The maximum Gasteiger partial charge on any atom is 0.398 e. The number of nitrogens with one attached hydrogen (secondary N) is 1. The number of para-hydroxylation sites is 1. The second kappa shape index (κ2) is 8.00. The van der Waals surface area contributed by atoms with Gasteiger partial charge in [0.05, 0.1) is 24.1 Å². The van der Waals surface area contributed by atoms with Crippen molar-refractivity contribution in [2.75, 3.05) is 17.6 Å². The standard InChI is InChI=1S/C16H14F3NO4S2/c1-24-15(21)11-6-2-5-9-14(11)26(22,23)20-12-7-3-4-8-13(12)25-10-16(17,18)19/h2-9,20H,10H2,1H3. The van der Waals surface area contributed by atoms with E-state index < -0.39 is 27.9 Å². The highest BCUT2D eigenvalue weighted by atomic mass is 32.2. The lowest BCUT2D eigenvalue weighted by molar-refractivity contribution is -0.105. The summed E-state index contributed by atoms with van der Waals surface area (Å²) < 4.78 is 69.4. The van der Waals surface area contributed by atoms with Crippen molar-refractivity contribution >= 4 is 33.4 Å². The molecule has 140 valence electrons. The van der Waals surface area contributed by atoms with Crippen LogP contribution < -0.4 is 4.72 Å². The third-order valence-corrected chi connectivity index (χ3v) is 5.67. The van der Waals surface area contributed by atoms with E-state index in [1.807, 2.05) is 0 Å². The van der Waals surface area contributed by atoms with Crippen molar-refractivity contribution in [3.05, 3.63) is 54.1 Å². The topological polar surface area (TPSA) is 72.5 Å². The normalized spacial score (nSPS) is 11.8. The summed E-state index contributed by atoms with van der Waals surface area (Å²) in [4.78, 5) is 11.6. The van der Waals surface area contributed by atoms with E-state index in [9.17, 15) is 26.4 Å². The van der Waals surface area contributed by atoms with E-state index in [1.165, 1.54) is 48.5 Å². The Hall–Kier alpha value is -2.20. The van der Waals surface area contributed by atoms with Gasteiger partial charge >= 0.3 is 12.1 Å². The molecule has 0 radical (unpaired) electrons. The summed E-state index contributed by atoms with van der Waals surface area (Å²) in [6.07, 6.45) is -4.39. The van der Waals surface area contributed by atoms with Gasteiger partial charge in [-0.15, -0.1) is 11.8 Å². The summed E-state index contributed by atoms with van der Waals surface area (Å²) >= 11 is 0.461. The number of carbonyl (C=O) groups excluding carboxylic acids is 1. The zero-order chi connectivity index (χ0) is 19.4. The number of benzene rings is 2. The Bertz CT molecular complexity index is 898. The van der Waals surface area contributed by atoms with Crippen LogP contribution in [0.15, 0.2) is 58.3 Å². The molecule has 0 aromatic heterocycles. The van der Waals surface area contributed by atoms with Crippen molar-refractivity contribution in [2.24, 2.45) is 0 Å². The van der Waals surface area contributed by atoms with Crippen LogP contribution in [0.5, 0.6) is 0 Å². The molecule has 10 heteroatoms. The molecule has 0 heterocycles. The minimum atomic E-state index is -4.39. The van der Waals surface area contributed by atoms with Crippen molar-refractivity contribution < 1.29 is 31.1 Å². The van der Waals surface area contributed by atoms with Crippen molar-refractivity contribution in [2.45, 2.75) is 16.0 Å². The van der Waals surface area contributed by atoms with Crippen molar-refractivity contribution in [1.82, 2.24) is 0 Å². The van der Waals surface area contributed by atoms with Crippen molar-refractivity contribution in [3.8, 4) is 0 Å². The second-order valence-electron chi connectivity index (χ2n) is 4.99. The molecular weight excluding hydrogens is 391 g/mol. The van der Waals surface area contributed by atoms with Gasteiger partial charge in [-0.2, -0.15) is 13.2 Å². The van der Waals surface area contributed by atoms with Crippen LogP contribution in [0.3, 0.4) is 0 Å². The first-order valence-electron chi connectivity index (χ1n) is 7.13. The van der Waals surface area contributed by atoms with Gasteiger partial charge in [-0.1, -0.05) is 24.3 Å². The molecule has 0 unspecified atom stereocenters. The summed E-state index contributed by atoms with van der Waals surface area (Å²) in [6.45, 7) is 0. The third kappa shape index (κ3) is 5.15. The smallest absolute Gasteiger partial charge is 0.398 e. The van der Waals surface area contributed by atoms with Crippen LogP contribution in [0.25, 0.3) is 0 Å². The number of carbonyl (C=O) groups is 1. The minimum absolute atomic E-state index is 0.0126. The summed E-state index contributed by atoms with van der Waals surface area (Å²) in [5.74, 6) is -2.00. The first-order valence-corrected chi connectivity index (χ1v) is 9.59. The van der Waals surface area contributed by atoms with Crippen LogP contribution in [0.2, 0.25) is 0 Å². The van der Waals surface area contributed by atoms with Crippen molar-refractivity contribution in [3.63, 3.8) is 0 Å². The Kier molecular flexibility index (Phi) is 6.19. The van der Waals surface area contributed by atoms with Crippen LogP contribution >= 0.6 is 11.8 Å². The lowest BCUT2D eigenvalue weighted by Gasteiger charge is -2.14. The largest absolute Gasteiger partial charge is 0.465 e. The van der Waals surface area contributed by atoms with E-state index in [0.717, 1.165) is 7.11 Å². The first-order chi connectivity index (χ1) is 12.1. The number of alkyl halides is 3. The Labute approximate surface area is 152 Å². The molecule has 2 aromatic carbocycles. The molecule has 5 nitrogen and oxygen atoms in total. The molecule has 2 rings (SSSR count). The van der Waals surface area contributed by atoms with E-state index in [2.05, 4.69) is 9.46 Å². The zero-order valence-electron chi connectivity index (χ0n) is 13.4. The molecule has 0 amide bonds. The Morgan fingerprint density at radius 3 is 2.38 bits per heavy atom. The molecule has 0 aliphatic carbocycles. The number of hydrogen-bond acceptors (Lipinski definition) is 5. The fourth-order valence-corrected chi connectivity index (χ4v) is 4.12. The highest BCUT2D eigenvalue weighted by molar-refractivity contribution is 7.99. The molecular formula is C16H14F3NO4S2. The summed E-state index contributed by atoms with van der Waals surface area (Å²) in [7, 11) is -3.11. The molecule has 1 N–H and O–H groups in total. The van der Waals surface area contributed by atoms with Crippen LogP contribution in [0, 0.1) is 0 Å². The van der Waals surface area contributed by atoms with E-state index >= 15 is 0 Å². The van der Waals surface area contributed by atoms with Crippen molar-refractivity contribution in [1.29, 1.82) is 0 Å². The highest BCUT2D eigenvalue weighted by Crippen LogP contribution is 2.33. The average molecular weight is 405 g/mol. The molecule has 0 saturated carbocycles. The van der Waals surface area contributed by atoms with E-state index in [-0.39, 0.29) is 21.0 Å². The quantitative estimate of drug-likeness (QED) is 0.582. The number of sulfonamides is 1. The van der Waals surface area contributed by atoms with E-state index in [0.29, 0.717) is 11.8 Å². The lowest BCUT2D eigenvalue weighted by Crippen LogP contribution is -2.18. The Morgan fingerprint density at radius 2 is 1.73 bits per heavy atom. The molecule has 26 heavy (non-hydrogen) atoms.